The second-order valence-corrected chi connectivity index (χ2v) is 7.66. The van der Waals surface area contributed by atoms with Gasteiger partial charge in [-0.2, -0.15) is 4.79 Å². The van der Waals surface area contributed by atoms with E-state index in [1.54, 1.807) is 0 Å². The molecule has 2 bridgehead atoms. The van der Waals surface area contributed by atoms with Gasteiger partial charge in [0.1, 0.15) is 5.71 Å². The van der Waals surface area contributed by atoms with E-state index >= 15 is 0 Å². The van der Waals surface area contributed by atoms with Crippen LogP contribution in [0.15, 0.2) is 0 Å². The van der Waals surface area contributed by atoms with Crippen molar-refractivity contribution in [3.8, 4) is 0 Å². The van der Waals surface area contributed by atoms with Crippen LogP contribution in [-0.4, -0.2) is 53.3 Å². The standard InChI is InChI=1S/C17H29N3O2/c1-19(2)11-15-12-8-9-13(10-12)16(15)20(22)17(21)18-14-6-4-3-5-7-14/h12-15H,3-11H2,1-2H3,(H-,18,21,22)/p+1/b20-16-/t12-,13+,15+/m1/s1. The highest BCUT2D eigenvalue weighted by atomic mass is 16.5. The number of nitrogens with zero attached hydrogens (tertiary/aromatic N) is 2. The zero-order chi connectivity index (χ0) is 15.7. The molecule has 0 saturated heterocycles. The molecule has 0 aliphatic heterocycles. The molecule has 124 valence electrons. The third kappa shape index (κ3) is 3.14. The number of carbonyl (C=O) groups is 1. The van der Waals surface area contributed by atoms with Crippen molar-refractivity contribution >= 4 is 11.7 Å². The second kappa shape index (κ2) is 6.57. The van der Waals surface area contributed by atoms with Gasteiger partial charge in [0.05, 0.1) is 6.04 Å². The van der Waals surface area contributed by atoms with E-state index in [0.29, 0.717) is 17.8 Å². The first kappa shape index (κ1) is 15.8. The molecule has 3 aliphatic carbocycles. The summed E-state index contributed by atoms with van der Waals surface area (Å²) in [5.41, 5.74) is 0.971. The first-order chi connectivity index (χ1) is 10.6. The molecule has 5 heteroatoms. The summed E-state index contributed by atoms with van der Waals surface area (Å²) in [6, 6.07) is -0.0689. The molecule has 0 aromatic heterocycles. The van der Waals surface area contributed by atoms with Gasteiger partial charge < -0.3 is 10.1 Å². The Balaban J connectivity index is 1.72. The van der Waals surface area contributed by atoms with E-state index in [1.165, 1.54) is 25.7 Å². The molecule has 0 heterocycles. The van der Waals surface area contributed by atoms with Crippen LogP contribution in [0.5, 0.6) is 0 Å². The Morgan fingerprint density at radius 1 is 1.23 bits per heavy atom. The van der Waals surface area contributed by atoms with Gasteiger partial charge in [0, 0.05) is 18.4 Å². The molecule has 3 aliphatic rings. The van der Waals surface area contributed by atoms with Crippen LogP contribution in [-0.2, 0) is 0 Å². The van der Waals surface area contributed by atoms with Crippen molar-refractivity contribution in [3.63, 3.8) is 0 Å². The minimum absolute atomic E-state index is 0.238. The number of amides is 2. The summed E-state index contributed by atoms with van der Waals surface area (Å²) in [6.07, 6.45) is 9.22. The zero-order valence-corrected chi connectivity index (χ0v) is 13.9. The maximum atomic E-state index is 12.4. The van der Waals surface area contributed by atoms with Crippen molar-refractivity contribution in [2.45, 2.75) is 57.4 Å². The van der Waals surface area contributed by atoms with Gasteiger partial charge in [-0.1, -0.05) is 6.42 Å². The van der Waals surface area contributed by atoms with Crippen molar-refractivity contribution in [3.05, 3.63) is 0 Å². The predicted octanol–water partition coefficient (Wildman–Crippen LogP) is 2.48. The van der Waals surface area contributed by atoms with E-state index in [9.17, 15) is 10.0 Å². The fraction of sp³-hybridized carbons (Fsp3) is 0.882. The Morgan fingerprint density at radius 2 is 1.95 bits per heavy atom. The fourth-order valence-corrected chi connectivity index (χ4v) is 4.76. The van der Waals surface area contributed by atoms with Gasteiger partial charge in [-0.25, -0.2) is 5.32 Å². The molecule has 3 fully saturated rings. The molecule has 0 spiro atoms. The van der Waals surface area contributed by atoms with Crippen LogP contribution in [0.4, 0.5) is 4.79 Å². The number of hydroxylamine groups is 1. The minimum Gasteiger partial charge on any atom is -0.347 e. The Bertz CT molecular complexity index is 455. The van der Waals surface area contributed by atoms with Gasteiger partial charge in [-0.05, 0) is 69.7 Å². The van der Waals surface area contributed by atoms with Crippen LogP contribution < -0.4 is 5.32 Å². The van der Waals surface area contributed by atoms with E-state index in [0.717, 1.165) is 42.7 Å². The van der Waals surface area contributed by atoms with Crippen molar-refractivity contribution in [1.82, 2.24) is 10.2 Å². The number of carbonyl (C=O) groups excluding carboxylic acids is 1. The smallest absolute Gasteiger partial charge is 0.347 e. The molecular weight excluding hydrogens is 278 g/mol. The van der Waals surface area contributed by atoms with Crippen molar-refractivity contribution in [1.29, 1.82) is 0 Å². The lowest BCUT2D eigenvalue weighted by molar-refractivity contribution is -0.702. The van der Waals surface area contributed by atoms with Crippen molar-refractivity contribution < 1.29 is 14.7 Å². The largest absolute Gasteiger partial charge is 0.530 e. The van der Waals surface area contributed by atoms with Gasteiger partial charge in [0.15, 0.2) is 0 Å². The quantitative estimate of drug-likeness (QED) is 0.364. The SMILES string of the molecule is CN(C)C[C@@H]1/C(=[N+](\O)C(=O)NC2CCCCC2)[C@H]2CC[C@@H]1C2. The van der Waals surface area contributed by atoms with Crippen molar-refractivity contribution in [2.75, 3.05) is 20.6 Å². The summed E-state index contributed by atoms with van der Waals surface area (Å²) < 4.78 is 0.979. The Hall–Kier alpha value is -1.10. The summed E-state index contributed by atoms with van der Waals surface area (Å²) in [5.74, 6) is 1.37. The van der Waals surface area contributed by atoms with Crippen LogP contribution in [0.2, 0.25) is 0 Å². The number of hydrogen-bond donors (Lipinski definition) is 2. The normalized spacial score (nSPS) is 34.2. The monoisotopic (exact) mass is 308 g/mol. The molecule has 22 heavy (non-hydrogen) atoms. The van der Waals surface area contributed by atoms with Crippen LogP contribution in [0.25, 0.3) is 0 Å². The van der Waals surface area contributed by atoms with Crippen molar-refractivity contribution in [2.24, 2.45) is 17.8 Å². The maximum absolute atomic E-state index is 12.4. The fourth-order valence-electron chi connectivity index (χ4n) is 4.76. The third-order valence-corrected chi connectivity index (χ3v) is 5.77. The van der Waals surface area contributed by atoms with Gasteiger partial charge >= 0.3 is 6.03 Å². The van der Waals surface area contributed by atoms with E-state index < -0.39 is 0 Å². The zero-order valence-electron chi connectivity index (χ0n) is 13.9. The lowest BCUT2D eigenvalue weighted by Crippen LogP contribution is -2.45. The van der Waals surface area contributed by atoms with Gasteiger partial charge in [0.25, 0.3) is 0 Å². The maximum Gasteiger partial charge on any atom is 0.530 e. The summed E-state index contributed by atoms with van der Waals surface area (Å²) in [7, 11) is 4.13. The number of hydrogen-bond acceptors (Lipinski definition) is 3. The van der Waals surface area contributed by atoms with Crippen LogP contribution in [0.1, 0.15) is 51.4 Å². The average molecular weight is 308 g/mol. The molecule has 0 aromatic carbocycles. The highest BCUT2D eigenvalue weighted by molar-refractivity contribution is 5.91. The number of nitrogens with one attached hydrogen (secondary N) is 1. The van der Waals surface area contributed by atoms with Crippen LogP contribution in [0, 0.1) is 17.8 Å². The van der Waals surface area contributed by atoms with E-state index in [4.69, 9.17) is 0 Å². The molecule has 0 radical (unpaired) electrons. The topological polar surface area (TPSA) is 55.6 Å². The molecule has 0 aromatic rings. The van der Waals surface area contributed by atoms with E-state index in [-0.39, 0.29) is 12.1 Å². The number of fused-ring (bicyclic) bond motifs is 2. The molecule has 0 unspecified atom stereocenters. The van der Waals surface area contributed by atoms with E-state index in [1.807, 2.05) is 0 Å². The Kier molecular flexibility index (Phi) is 4.71. The van der Waals surface area contributed by atoms with Crippen LogP contribution >= 0.6 is 0 Å². The lowest BCUT2D eigenvalue weighted by atomic mass is 9.86. The predicted molar refractivity (Wildman–Crippen MR) is 85.3 cm³/mol. The molecule has 2 amide bonds. The highest BCUT2D eigenvalue weighted by Gasteiger charge is 2.49. The van der Waals surface area contributed by atoms with Gasteiger partial charge in [0.2, 0.25) is 0 Å². The van der Waals surface area contributed by atoms with Crippen LogP contribution in [0.3, 0.4) is 0 Å². The first-order valence-electron chi connectivity index (χ1n) is 8.87. The average Bonchev–Trinajstić information content (AvgIpc) is 3.08. The second-order valence-electron chi connectivity index (χ2n) is 7.66. The molecule has 3 rings (SSSR count). The highest BCUT2D eigenvalue weighted by Crippen LogP contribution is 2.46. The lowest BCUT2D eigenvalue weighted by Gasteiger charge is -2.25. The summed E-state index contributed by atoms with van der Waals surface area (Å²) in [6.45, 7) is 0.921. The first-order valence-corrected chi connectivity index (χ1v) is 8.87. The Morgan fingerprint density at radius 3 is 2.64 bits per heavy atom. The molecule has 3 atom stereocenters. The molecule has 2 N–H and O–H groups in total. The molecular formula is C17H30N3O2+. The summed E-state index contributed by atoms with van der Waals surface area (Å²) >= 11 is 0. The van der Waals surface area contributed by atoms with Gasteiger partial charge in [-0.15, -0.1) is 0 Å². The number of rotatable bonds is 3. The minimum atomic E-state index is -0.307. The summed E-state index contributed by atoms with van der Waals surface area (Å²) in [4.78, 5) is 14.6. The Labute approximate surface area is 133 Å². The van der Waals surface area contributed by atoms with E-state index in [2.05, 4.69) is 24.3 Å². The number of urea groups is 1. The molecule has 3 saturated carbocycles. The third-order valence-electron chi connectivity index (χ3n) is 5.77. The van der Waals surface area contributed by atoms with Gasteiger partial charge in [-0.3, -0.25) is 0 Å². The molecule has 5 nitrogen and oxygen atoms in total. The summed E-state index contributed by atoms with van der Waals surface area (Å²) in [5, 5.41) is 13.6.